The van der Waals surface area contributed by atoms with Crippen LogP contribution >= 0.6 is 46.4 Å². The fourth-order valence-corrected chi connectivity index (χ4v) is 7.21. The van der Waals surface area contributed by atoms with Crippen LogP contribution in [-0.4, -0.2) is 0 Å². The van der Waals surface area contributed by atoms with E-state index in [0.29, 0.717) is 55.9 Å². The van der Waals surface area contributed by atoms with E-state index < -0.39 is 40.7 Å². The highest BCUT2D eigenvalue weighted by molar-refractivity contribution is 6.42. The molecule has 272 valence electrons. The van der Waals surface area contributed by atoms with E-state index in [1.165, 1.54) is 36.4 Å². The van der Waals surface area contributed by atoms with Gasteiger partial charge in [-0.15, -0.1) is 0 Å². The molecule has 54 heavy (non-hydrogen) atoms. The molecule has 7 aromatic rings. The summed E-state index contributed by atoms with van der Waals surface area (Å²) in [6, 6.07) is 26.5. The van der Waals surface area contributed by atoms with Crippen LogP contribution in [0.3, 0.4) is 0 Å². The second-order valence-corrected chi connectivity index (χ2v) is 14.0. The van der Waals surface area contributed by atoms with Crippen molar-refractivity contribution in [3.63, 3.8) is 0 Å². The Bertz CT molecular complexity index is 2560. The van der Waals surface area contributed by atoms with Crippen LogP contribution < -0.4 is 0 Å². The number of hydrogen-bond donors (Lipinski definition) is 0. The zero-order valence-corrected chi connectivity index (χ0v) is 30.1. The second kappa shape index (κ2) is 14.2. The molecule has 7 aromatic carbocycles. The Kier molecular flexibility index (Phi) is 9.94. The molecule has 0 atom stereocenters. The molecule has 0 saturated heterocycles. The van der Waals surface area contributed by atoms with E-state index in [1.54, 1.807) is 48.5 Å². The third-order valence-electron chi connectivity index (χ3n) is 8.89. The van der Waals surface area contributed by atoms with Gasteiger partial charge in [-0.3, -0.25) is 0 Å². The van der Waals surface area contributed by atoms with Crippen LogP contribution in [0.1, 0.15) is 11.1 Å². The number of alkyl halides is 6. The normalized spacial score (nSPS) is 12.1. The van der Waals surface area contributed by atoms with Crippen molar-refractivity contribution >= 4 is 57.2 Å². The van der Waals surface area contributed by atoms with Gasteiger partial charge in [-0.1, -0.05) is 94.9 Å². The lowest BCUT2D eigenvalue weighted by Crippen LogP contribution is -2.11. The van der Waals surface area contributed by atoms with Gasteiger partial charge in [0, 0.05) is 5.02 Å². The Balaban J connectivity index is 1.79. The second-order valence-electron chi connectivity index (χ2n) is 12.3. The topological polar surface area (TPSA) is 0 Å². The predicted molar refractivity (Wildman–Crippen MR) is 201 cm³/mol. The third kappa shape index (κ3) is 7.28. The molecule has 0 aromatic heterocycles. The molecule has 0 fully saturated rings. The minimum absolute atomic E-state index is 0.0458. The number of hydrogen-bond acceptors (Lipinski definition) is 0. The highest BCUT2D eigenvalue weighted by Gasteiger charge is 2.38. The maximum Gasteiger partial charge on any atom is 0.416 e. The molecule has 0 aliphatic heterocycles. The molecule has 0 aliphatic carbocycles. The van der Waals surface area contributed by atoms with Crippen molar-refractivity contribution < 1.29 is 35.1 Å². The maximum atomic E-state index is 14.7. The first kappa shape index (κ1) is 37.7. The summed E-state index contributed by atoms with van der Waals surface area (Å²) < 4.78 is 116. The first-order valence-electron chi connectivity index (χ1n) is 15.9. The van der Waals surface area contributed by atoms with Crippen LogP contribution in [0.5, 0.6) is 0 Å². The van der Waals surface area contributed by atoms with Crippen molar-refractivity contribution in [2.24, 2.45) is 0 Å². The van der Waals surface area contributed by atoms with Crippen LogP contribution in [0, 0.1) is 11.6 Å². The van der Waals surface area contributed by atoms with Gasteiger partial charge in [0.15, 0.2) is 0 Å². The van der Waals surface area contributed by atoms with Gasteiger partial charge >= 0.3 is 12.4 Å². The summed E-state index contributed by atoms with van der Waals surface area (Å²) in [7, 11) is 0. The van der Waals surface area contributed by atoms with Gasteiger partial charge in [0.1, 0.15) is 11.6 Å². The van der Waals surface area contributed by atoms with Gasteiger partial charge in [-0.25, -0.2) is 8.78 Å². The van der Waals surface area contributed by atoms with E-state index in [-0.39, 0.29) is 43.2 Å². The van der Waals surface area contributed by atoms with Crippen molar-refractivity contribution in [1.29, 1.82) is 0 Å². The number of halogens is 12. The van der Waals surface area contributed by atoms with Gasteiger partial charge in [-0.05, 0) is 139 Å². The maximum absolute atomic E-state index is 14.7. The Morgan fingerprint density at radius 3 is 1.63 bits per heavy atom. The highest BCUT2D eigenvalue weighted by atomic mass is 35.5. The van der Waals surface area contributed by atoms with Crippen molar-refractivity contribution in [1.82, 2.24) is 0 Å². The molecule has 0 aliphatic rings. The Hall–Kier alpha value is -4.60. The molecule has 0 nitrogen and oxygen atoms in total. The van der Waals surface area contributed by atoms with Crippen LogP contribution in [-0.2, 0) is 12.4 Å². The summed E-state index contributed by atoms with van der Waals surface area (Å²) in [5.41, 5.74) is -0.953. The quantitative estimate of drug-likeness (QED) is 0.152. The van der Waals surface area contributed by atoms with Crippen LogP contribution in [0.2, 0.25) is 20.1 Å². The standard InChI is InChI=1S/C42H20Cl4F8/c43-29-3-1-2-22(16-29)31-11-6-24-17-32(23-7-12-33(44)34(45)18-23)37(21-4-9-30(47)10-5-21)40(39(24)38(31)25-8-13-36(48)35(46)19-25)26-14-27(41(49,50)51)20-28(15-26)42(52,53)54/h1-20H. The lowest BCUT2D eigenvalue weighted by atomic mass is 9.79. The lowest BCUT2D eigenvalue weighted by Gasteiger charge is -2.25. The van der Waals surface area contributed by atoms with Gasteiger partial charge in [0.2, 0.25) is 0 Å². The number of rotatable bonds is 5. The predicted octanol–water partition coefficient (Wildman–Crippen LogP) is 16.1. The largest absolute Gasteiger partial charge is 0.416 e. The molecule has 0 saturated carbocycles. The molecular formula is C42H20Cl4F8. The molecule has 0 N–H and O–H groups in total. The Morgan fingerprint density at radius 1 is 0.407 bits per heavy atom. The smallest absolute Gasteiger partial charge is 0.207 e. The summed E-state index contributed by atoms with van der Waals surface area (Å²) in [6.07, 6.45) is -10.4. The average Bonchev–Trinajstić information content (AvgIpc) is 3.12. The van der Waals surface area contributed by atoms with Crippen molar-refractivity contribution in [3.8, 4) is 55.6 Å². The van der Waals surface area contributed by atoms with Crippen molar-refractivity contribution in [2.75, 3.05) is 0 Å². The summed E-state index contributed by atoms with van der Waals surface area (Å²) >= 11 is 25.4. The van der Waals surface area contributed by atoms with Crippen molar-refractivity contribution in [2.45, 2.75) is 12.4 Å². The van der Waals surface area contributed by atoms with Crippen molar-refractivity contribution in [3.05, 3.63) is 164 Å². The van der Waals surface area contributed by atoms with Crippen LogP contribution in [0.4, 0.5) is 35.1 Å². The zero-order chi connectivity index (χ0) is 38.7. The fraction of sp³-hybridized carbons (Fsp3) is 0.0476. The molecule has 0 amide bonds. The average molecular weight is 818 g/mol. The SMILES string of the molecule is Fc1ccc(-c2c(-c3ccc(Cl)c(Cl)c3)cc3ccc(-c4cccc(Cl)c4)c(-c4ccc(F)c(Cl)c4)c3c2-c2cc(C(F)(F)F)cc(C(F)(F)F)c2)cc1. The molecule has 0 spiro atoms. The van der Waals surface area contributed by atoms with E-state index in [9.17, 15) is 35.1 Å². The lowest BCUT2D eigenvalue weighted by molar-refractivity contribution is -0.143. The molecule has 12 heteroatoms. The molecule has 0 bridgehead atoms. The van der Waals surface area contributed by atoms with Gasteiger partial charge in [0.25, 0.3) is 0 Å². The highest BCUT2D eigenvalue weighted by Crippen LogP contribution is 2.52. The summed E-state index contributed by atoms with van der Waals surface area (Å²) in [5.74, 6) is -1.40. The van der Waals surface area contributed by atoms with Crippen LogP contribution in [0.25, 0.3) is 66.4 Å². The zero-order valence-electron chi connectivity index (χ0n) is 27.1. The number of fused-ring (bicyclic) bond motifs is 1. The summed E-state index contributed by atoms with van der Waals surface area (Å²) in [5, 5.41) is 0.921. The van der Waals surface area contributed by atoms with E-state index in [2.05, 4.69) is 0 Å². The Labute approximate surface area is 323 Å². The molecule has 7 rings (SSSR count). The van der Waals surface area contributed by atoms with E-state index in [0.717, 1.165) is 18.2 Å². The summed E-state index contributed by atoms with van der Waals surface area (Å²) in [6.45, 7) is 0. The first-order chi connectivity index (χ1) is 25.5. The van der Waals surface area contributed by atoms with Gasteiger partial charge < -0.3 is 0 Å². The van der Waals surface area contributed by atoms with E-state index >= 15 is 0 Å². The third-order valence-corrected chi connectivity index (χ3v) is 10.2. The Morgan fingerprint density at radius 2 is 1.02 bits per heavy atom. The molecular weight excluding hydrogens is 798 g/mol. The minimum atomic E-state index is -5.19. The number of benzene rings is 7. The molecule has 0 radical (unpaired) electrons. The molecule has 0 heterocycles. The van der Waals surface area contributed by atoms with Gasteiger partial charge in [0.05, 0.1) is 26.2 Å². The minimum Gasteiger partial charge on any atom is -0.207 e. The van der Waals surface area contributed by atoms with Crippen LogP contribution in [0.15, 0.2) is 121 Å². The first-order valence-corrected chi connectivity index (χ1v) is 17.4. The molecule has 0 unspecified atom stereocenters. The van der Waals surface area contributed by atoms with Gasteiger partial charge in [-0.2, -0.15) is 26.3 Å². The van der Waals surface area contributed by atoms with E-state index in [1.807, 2.05) is 0 Å². The monoisotopic (exact) mass is 816 g/mol. The summed E-state index contributed by atoms with van der Waals surface area (Å²) in [4.78, 5) is 0. The fourth-order valence-electron chi connectivity index (χ4n) is 6.54. The van der Waals surface area contributed by atoms with E-state index in [4.69, 9.17) is 46.4 Å².